The van der Waals surface area contributed by atoms with E-state index in [4.69, 9.17) is 0 Å². The molecular formula is C16H19FN2O3S3. The Hall–Kier alpha value is -1.42. The molecule has 9 heteroatoms. The maximum absolute atomic E-state index is 12.8. The molecule has 0 radical (unpaired) electrons. The second kappa shape index (κ2) is 9.33. The van der Waals surface area contributed by atoms with Crippen LogP contribution in [-0.4, -0.2) is 32.7 Å². The summed E-state index contributed by atoms with van der Waals surface area (Å²) in [6.07, 6.45) is 0.720. The zero-order chi connectivity index (χ0) is 18.3. The Balaban J connectivity index is 1.68. The average Bonchev–Trinajstić information content (AvgIpc) is 3.11. The van der Waals surface area contributed by atoms with Gasteiger partial charge in [-0.15, -0.1) is 23.1 Å². The van der Waals surface area contributed by atoms with Crippen molar-refractivity contribution < 1.29 is 17.6 Å². The van der Waals surface area contributed by atoms with Crippen LogP contribution in [-0.2, 0) is 14.8 Å². The molecule has 1 unspecified atom stereocenters. The Morgan fingerprint density at radius 2 is 2.00 bits per heavy atom. The molecule has 2 N–H and O–H groups in total. The van der Waals surface area contributed by atoms with Gasteiger partial charge in [0.05, 0.1) is 6.04 Å². The fourth-order valence-electron chi connectivity index (χ4n) is 1.92. The first-order valence-electron chi connectivity index (χ1n) is 7.60. The van der Waals surface area contributed by atoms with Crippen molar-refractivity contribution in [3.63, 3.8) is 0 Å². The van der Waals surface area contributed by atoms with Gasteiger partial charge < -0.3 is 5.32 Å². The zero-order valence-corrected chi connectivity index (χ0v) is 16.0. The summed E-state index contributed by atoms with van der Waals surface area (Å²) in [5.74, 6) is 0.129. The highest BCUT2D eigenvalue weighted by Gasteiger charge is 2.22. The number of rotatable bonds is 9. The van der Waals surface area contributed by atoms with E-state index >= 15 is 0 Å². The monoisotopic (exact) mass is 402 g/mol. The van der Waals surface area contributed by atoms with E-state index < -0.39 is 16.1 Å². The lowest BCUT2D eigenvalue weighted by Crippen LogP contribution is -2.44. The maximum Gasteiger partial charge on any atom is 0.250 e. The van der Waals surface area contributed by atoms with Crippen molar-refractivity contribution in [2.75, 3.05) is 12.3 Å². The number of benzene rings is 1. The van der Waals surface area contributed by atoms with Gasteiger partial charge in [-0.05, 0) is 54.8 Å². The Kier molecular flexibility index (Phi) is 7.42. The topological polar surface area (TPSA) is 75.3 Å². The van der Waals surface area contributed by atoms with Crippen LogP contribution < -0.4 is 10.0 Å². The molecule has 136 valence electrons. The van der Waals surface area contributed by atoms with Gasteiger partial charge in [0.25, 0.3) is 10.0 Å². The molecule has 0 aliphatic carbocycles. The quantitative estimate of drug-likeness (QED) is 0.500. The lowest BCUT2D eigenvalue weighted by molar-refractivity contribution is -0.122. The van der Waals surface area contributed by atoms with Crippen LogP contribution in [0.25, 0.3) is 0 Å². The molecular weight excluding hydrogens is 383 g/mol. The summed E-state index contributed by atoms with van der Waals surface area (Å²) < 4.78 is 39.4. The Bertz CT molecular complexity index is 777. The predicted molar refractivity (Wildman–Crippen MR) is 98.9 cm³/mol. The molecule has 1 heterocycles. The minimum atomic E-state index is -3.66. The number of carbonyl (C=O) groups is 1. The van der Waals surface area contributed by atoms with Crippen molar-refractivity contribution in [3.8, 4) is 0 Å². The smallest absolute Gasteiger partial charge is 0.250 e. The Labute approximate surface area is 155 Å². The lowest BCUT2D eigenvalue weighted by Gasteiger charge is -2.13. The first kappa shape index (κ1) is 19.9. The number of hydrogen-bond donors (Lipinski definition) is 2. The zero-order valence-electron chi connectivity index (χ0n) is 13.6. The van der Waals surface area contributed by atoms with Crippen LogP contribution in [0.3, 0.4) is 0 Å². The molecule has 0 bridgehead atoms. The summed E-state index contributed by atoms with van der Waals surface area (Å²) in [5.41, 5.74) is 0. The van der Waals surface area contributed by atoms with Crippen LogP contribution in [0, 0.1) is 5.82 Å². The molecule has 0 spiro atoms. The second-order valence-electron chi connectivity index (χ2n) is 5.22. The maximum atomic E-state index is 12.8. The number of amides is 1. The van der Waals surface area contributed by atoms with Gasteiger partial charge in [-0.25, -0.2) is 12.8 Å². The van der Waals surface area contributed by atoms with Gasteiger partial charge in [-0.3, -0.25) is 4.79 Å². The van der Waals surface area contributed by atoms with Crippen molar-refractivity contribution in [3.05, 3.63) is 47.6 Å². The summed E-state index contributed by atoms with van der Waals surface area (Å²) in [5, 5.41) is 4.37. The Morgan fingerprint density at radius 3 is 2.64 bits per heavy atom. The minimum absolute atomic E-state index is 0.183. The van der Waals surface area contributed by atoms with Gasteiger partial charge in [0.2, 0.25) is 5.91 Å². The van der Waals surface area contributed by atoms with Crippen molar-refractivity contribution in [2.24, 2.45) is 0 Å². The van der Waals surface area contributed by atoms with E-state index in [0.717, 1.165) is 28.4 Å². The van der Waals surface area contributed by atoms with Gasteiger partial charge in [-0.1, -0.05) is 6.07 Å². The van der Waals surface area contributed by atoms with Gasteiger partial charge in [0.1, 0.15) is 10.0 Å². The molecule has 2 rings (SSSR count). The van der Waals surface area contributed by atoms with E-state index in [1.165, 1.54) is 25.1 Å². The third-order valence-electron chi connectivity index (χ3n) is 3.19. The number of hydrogen-bond acceptors (Lipinski definition) is 5. The number of halogens is 1. The standard InChI is InChI=1S/C16H19FN2O3S3/c1-12(19-25(21,22)15-4-2-10-24-15)16(20)18-9-3-11-23-14-7-5-13(17)6-8-14/h2,4-8,10,12,19H,3,9,11H2,1H3,(H,18,20). The summed E-state index contributed by atoms with van der Waals surface area (Å²) >= 11 is 2.67. The molecule has 2 aromatic rings. The highest BCUT2D eigenvalue weighted by atomic mass is 32.2. The predicted octanol–water partition coefficient (Wildman–Crippen LogP) is 2.85. The molecule has 25 heavy (non-hydrogen) atoms. The number of thiophene rings is 1. The van der Waals surface area contributed by atoms with E-state index in [2.05, 4.69) is 10.0 Å². The van der Waals surface area contributed by atoms with E-state index in [0.29, 0.717) is 6.54 Å². The first-order valence-corrected chi connectivity index (χ1v) is 11.0. The minimum Gasteiger partial charge on any atom is -0.355 e. The molecule has 1 atom stereocenters. The van der Waals surface area contributed by atoms with Crippen molar-refractivity contribution in [1.29, 1.82) is 0 Å². The number of carbonyl (C=O) groups excluding carboxylic acids is 1. The van der Waals surface area contributed by atoms with Gasteiger partial charge >= 0.3 is 0 Å². The van der Waals surface area contributed by atoms with E-state index in [1.54, 1.807) is 35.3 Å². The van der Waals surface area contributed by atoms with Crippen LogP contribution in [0.5, 0.6) is 0 Å². The van der Waals surface area contributed by atoms with Gasteiger partial charge in [0, 0.05) is 11.4 Å². The fourth-order valence-corrected chi connectivity index (χ4v) is 4.98. The second-order valence-corrected chi connectivity index (χ2v) is 9.28. The van der Waals surface area contributed by atoms with Crippen LogP contribution in [0.1, 0.15) is 13.3 Å². The summed E-state index contributed by atoms with van der Waals surface area (Å²) in [4.78, 5) is 12.9. The molecule has 0 aliphatic heterocycles. The number of nitrogens with one attached hydrogen (secondary N) is 2. The van der Waals surface area contributed by atoms with Crippen LogP contribution in [0.4, 0.5) is 4.39 Å². The average molecular weight is 403 g/mol. The van der Waals surface area contributed by atoms with Crippen LogP contribution >= 0.6 is 23.1 Å². The fraction of sp³-hybridized carbons (Fsp3) is 0.312. The van der Waals surface area contributed by atoms with Crippen LogP contribution in [0.2, 0.25) is 0 Å². The molecule has 1 aromatic heterocycles. The molecule has 0 saturated heterocycles. The van der Waals surface area contributed by atoms with Crippen molar-refractivity contribution in [2.45, 2.75) is 28.5 Å². The van der Waals surface area contributed by atoms with E-state index in [1.807, 2.05) is 0 Å². The number of sulfonamides is 1. The summed E-state index contributed by atoms with van der Waals surface area (Å²) in [6.45, 7) is 1.95. The lowest BCUT2D eigenvalue weighted by atomic mass is 10.3. The van der Waals surface area contributed by atoms with Crippen LogP contribution in [0.15, 0.2) is 50.9 Å². The third-order valence-corrected chi connectivity index (χ3v) is 7.22. The molecule has 1 aromatic carbocycles. The van der Waals surface area contributed by atoms with Crippen molar-refractivity contribution in [1.82, 2.24) is 10.0 Å². The highest BCUT2D eigenvalue weighted by Crippen LogP contribution is 2.18. The van der Waals surface area contributed by atoms with Gasteiger partial charge in [0.15, 0.2) is 0 Å². The largest absolute Gasteiger partial charge is 0.355 e. The third kappa shape index (κ3) is 6.43. The first-order chi connectivity index (χ1) is 11.9. The molecule has 0 aliphatic rings. The summed E-state index contributed by atoms with van der Waals surface area (Å²) in [6, 6.07) is 8.51. The molecule has 5 nitrogen and oxygen atoms in total. The van der Waals surface area contributed by atoms with Gasteiger partial charge in [-0.2, -0.15) is 4.72 Å². The van der Waals surface area contributed by atoms with E-state index in [-0.39, 0.29) is 15.9 Å². The molecule has 1 amide bonds. The Morgan fingerprint density at radius 1 is 1.28 bits per heavy atom. The highest BCUT2D eigenvalue weighted by molar-refractivity contribution is 7.99. The SMILES string of the molecule is CC(NS(=O)(=O)c1cccs1)C(=O)NCCCSc1ccc(F)cc1. The molecule has 0 saturated carbocycles. The van der Waals surface area contributed by atoms with Crippen molar-refractivity contribution >= 4 is 39.0 Å². The summed E-state index contributed by atoms with van der Waals surface area (Å²) in [7, 11) is -3.66. The van der Waals surface area contributed by atoms with E-state index in [9.17, 15) is 17.6 Å². The molecule has 0 fully saturated rings. The number of thioether (sulfide) groups is 1. The normalized spacial score (nSPS) is 12.7.